The molecule has 0 N–H and O–H groups in total. The fraction of sp³-hybridized carbons (Fsp3) is 0.211. The molecule has 0 aromatic heterocycles. The van der Waals surface area contributed by atoms with Crippen LogP contribution in [0, 0.1) is 6.92 Å². The molecule has 0 bridgehead atoms. The molecule has 24 heavy (non-hydrogen) atoms. The van der Waals surface area contributed by atoms with Crippen molar-refractivity contribution < 1.29 is 19.1 Å². The number of ether oxygens (including phenoxy) is 2. The van der Waals surface area contributed by atoms with E-state index in [0.29, 0.717) is 12.0 Å². The fourth-order valence-electron chi connectivity index (χ4n) is 1.60. The van der Waals surface area contributed by atoms with Gasteiger partial charge >= 0.3 is 5.97 Å². The van der Waals surface area contributed by atoms with Crippen molar-refractivity contribution in [2.75, 3.05) is 14.2 Å². The number of esters is 1. The molecular formula is C19H23NO4. The number of hydrogen-bond acceptors (Lipinski definition) is 5. The molecule has 0 aliphatic heterocycles. The molecule has 0 atom stereocenters. The maximum Gasteiger partial charge on any atom is 0.337 e. The summed E-state index contributed by atoms with van der Waals surface area (Å²) in [6.07, 6.45) is 1.77. The summed E-state index contributed by atoms with van der Waals surface area (Å²) in [6, 6.07) is 15.1. The van der Waals surface area contributed by atoms with Gasteiger partial charge in [0.15, 0.2) is 0 Å². The minimum absolute atomic E-state index is 0. The highest BCUT2D eigenvalue weighted by Crippen LogP contribution is 2.12. The van der Waals surface area contributed by atoms with Crippen LogP contribution in [0.3, 0.4) is 0 Å². The monoisotopic (exact) mass is 329 g/mol. The summed E-state index contributed by atoms with van der Waals surface area (Å²) < 4.78 is 8.51. The van der Waals surface area contributed by atoms with Gasteiger partial charge in [0.1, 0.15) is 0 Å². The molecule has 2 aromatic rings. The van der Waals surface area contributed by atoms with Crippen LogP contribution in [0.5, 0.6) is 0 Å². The first-order chi connectivity index (χ1) is 11.1. The average molecular weight is 329 g/mol. The first kappa shape index (κ1) is 21.0. The zero-order valence-corrected chi connectivity index (χ0v) is 13.4. The number of aliphatic imine (C=N–C) groups is 1. The fourth-order valence-corrected chi connectivity index (χ4v) is 1.60. The maximum absolute atomic E-state index is 11.3. The smallest absolute Gasteiger partial charge is 0.337 e. The maximum atomic E-state index is 11.3. The van der Waals surface area contributed by atoms with E-state index in [1.54, 1.807) is 18.3 Å². The molecule has 0 spiro atoms. The number of hydrogen-bond donors (Lipinski definition) is 0. The summed E-state index contributed by atoms with van der Waals surface area (Å²) in [4.78, 5) is 24.6. The van der Waals surface area contributed by atoms with Gasteiger partial charge in [0.2, 0.25) is 0 Å². The van der Waals surface area contributed by atoms with Gasteiger partial charge in [-0.3, -0.25) is 9.79 Å². The Bertz CT molecular complexity index is 646. The van der Waals surface area contributed by atoms with Crippen molar-refractivity contribution in [2.45, 2.75) is 14.4 Å². The minimum atomic E-state index is -0.331. The van der Waals surface area contributed by atoms with E-state index in [1.165, 1.54) is 19.8 Å². The molecule has 2 aromatic carbocycles. The SMILES string of the molecule is C.COC(=O)c1ccc(C=Nc2ccc(C)cc2)cc1.COC=O. The van der Waals surface area contributed by atoms with Crippen LogP contribution in [0.4, 0.5) is 5.69 Å². The molecule has 5 nitrogen and oxygen atoms in total. The molecule has 2 rings (SSSR count). The summed E-state index contributed by atoms with van der Waals surface area (Å²) >= 11 is 0. The van der Waals surface area contributed by atoms with Gasteiger partial charge in [-0.25, -0.2) is 4.79 Å². The van der Waals surface area contributed by atoms with Crippen molar-refractivity contribution in [3.05, 3.63) is 65.2 Å². The van der Waals surface area contributed by atoms with Crippen molar-refractivity contribution >= 4 is 24.3 Å². The van der Waals surface area contributed by atoms with Gasteiger partial charge in [-0.15, -0.1) is 0 Å². The molecular weight excluding hydrogens is 306 g/mol. The summed E-state index contributed by atoms with van der Waals surface area (Å²) in [5, 5.41) is 0. The Morgan fingerprint density at radius 2 is 1.54 bits per heavy atom. The third-order valence-corrected chi connectivity index (χ3v) is 2.82. The molecule has 0 aliphatic carbocycles. The number of aryl methyl sites for hydroxylation is 1. The van der Waals surface area contributed by atoms with E-state index in [4.69, 9.17) is 4.79 Å². The third-order valence-electron chi connectivity index (χ3n) is 2.82. The van der Waals surface area contributed by atoms with E-state index in [-0.39, 0.29) is 13.4 Å². The molecule has 128 valence electrons. The number of carbonyl (C=O) groups is 2. The second-order valence-corrected chi connectivity index (χ2v) is 4.54. The van der Waals surface area contributed by atoms with Crippen LogP contribution >= 0.6 is 0 Å². The summed E-state index contributed by atoms with van der Waals surface area (Å²) in [5.41, 5.74) is 3.59. The van der Waals surface area contributed by atoms with Gasteiger partial charge < -0.3 is 9.47 Å². The molecule has 0 fully saturated rings. The van der Waals surface area contributed by atoms with E-state index in [1.807, 2.05) is 43.3 Å². The normalized spacial score (nSPS) is 9.29. The molecule has 0 amide bonds. The van der Waals surface area contributed by atoms with Crippen LogP contribution in [0.15, 0.2) is 53.5 Å². The first-order valence-corrected chi connectivity index (χ1v) is 6.86. The van der Waals surface area contributed by atoms with Crippen molar-refractivity contribution in [3.63, 3.8) is 0 Å². The van der Waals surface area contributed by atoms with Gasteiger partial charge in [-0.1, -0.05) is 37.3 Å². The Hall–Kier alpha value is -2.95. The third kappa shape index (κ3) is 7.35. The van der Waals surface area contributed by atoms with Crippen LogP contribution in [0.25, 0.3) is 0 Å². The van der Waals surface area contributed by atoms with Crippen LogP contribution in [0.2, 0.25) is 0 Å². The minimum Gasteiger partial charge on any atom is -0.471 e. The van der Waals surface area contributed by atoms with Gasteiger partial charge in [-0.05, 0) is 36.8 Å². The number of carbonyl (C=O) groups excluding carboxylic acids is 2. The predicted octanol–water partition coefficient (Wildman–Crippen LogP) is 3.96. The Morgan fingerprint density at radius 1 is 1.00 bits per heavy atom. The molecule has 0 unspecified atom stereocenters. The largest absolute Gasteiger partial charge is 0.471 e. The second kappa shape index (κ2) is 11.6. The van der Waals surface area contributed by atoms with E-state index in [2.05, 4.69) is 14.5 Å². The lowest BCUT2D eigenvalue weighted by atomic mass is 10.1. The Balaban J connectivity index is 0.000000954. The molecule has 0 radical (unpaired) electrons. The van der Waals surface area contributed by atoms with E-state index < -0.39 is 0 Å². The van der Waals surface area contributed by atoms with Crippen molar-refractivity contribution in [2.24, 2.45) is 4.99 Å². The van der Waals surface area contributed by atoms with E-state index in [0.717, 1.165) is 11.3 Å². The molecule has 0 heterocycles. The number of methoxy groups -OCH3 is 2. The van der Waals surface area contributed by atoms with Gasteiger partial charge in [0, 0.05) is 6.21 Å². The second-order valence-electron chi connectivity index (χ2n) is 4.54. The Morgan fingerprint density at radius 3 is 2.00 bits per heavy atom. The van der Waals surface area contributed by atoms with Crippen LogP contribution in [-0.4, -0.2) is 32.9 Å². The lowest BCUT2D eigenvalue weighted by molar-refractivity contribution is -0.126. The first-order valence-electron chi connectivity index (χ1n) is 6.86. The molecule has 0 saturated heterocycles. The average Bonchev–Trinajstić information content (AvgIpc) is 2.61. The van der Waals surface area contributed by atoms with Crippen molar-refractivity contribution in [1.29, 1.82) is 0 Å². The number of rotatable bonds is 4. The Kier molecular flexibility index (Phi) is 10.2. The predicted molar refractivity (Wildman–Crippen MR) is 96.0 cm³/mol. The summed E-state index contributed by atoms with van der Waals surface area (Å²) in [7, 11) is 2.68. The quantitative estimate of drug-likeness (QED) is 0.484. The van der Waals surface area contributed by atoms with Crippen molar-refractivity contribution in [1.82, 2.24) is 0 Å². The molecule has 0 aliphatic rings. The highest BCUT2D eigenvalue weighted by molar-refractivity contribution is 5.90. The molecule has 5 heteroatoms. The van der Waals surface area contributed by atoms with Crippen LogP contribution < -0.4 is 0 Å². The van der Waals surface area contributed by atoms with Gasteiger partial charge in [0.25, 0.3) is 6.47 Å². The standard InChI is InChI=1S/C16H15NO2.C2H4O2.CH4/c1-12-3-9-15(10-4-12)17-11-13-5-7-14(8-6-13)16(18)19-2;1-4-2-3;/h3-11H,1-2H3;2H,1H3;1H4. The topological polar surface area (TPSA) is 65.0 Å². The summed E-state index contributed by atoms with van der Waals surface area (Å²) in [6.45, 7) is 2.42. The van der Waals surface area contributed by atoms with Crippen molar-refractivity contribution in [3.8, 4) is 0 Å². The Labute approximate surface area is 143 Å². The van der Waals surface area contributed by atoms with E-state index >= 15 is 0 Å². The number of benzene rings is 2. The highest BCUT2D eigenvalue weighted by Gasteiger charge is 2.03. The van der Waals surface area contributed by atoms with Crippen LogP contribution in [0.1, 0.15) is 28.9 Å². The lowest BCUT2D eigenvalue weighted by Crippen LogP contribution is -2.00. The van der Waals surface area contributed by atoms with E-state index in [9.17, 15) is 4.79 Å². The van der Waals surface area contributed by atoms with Gasteiger partial charge in [0.05, 0.1) is 25.5 Å². The summed E-state index contributed by atoms with van der Waals surface area (Å²) in [5.74, 6) is -0.331. The zero-order chi connectivity index (χ0) is 17.1. The molecule has 0 saturated carbocycles. The highest BCUT2D eigenvalue weighted by atomic mass is 16.5. The zero-order valence-electron chi connectivity index (χ0n) is 13.4. The van der Waals surface area contributed by atoms with Gasteiger partial charge in [-0.2, -0.15) is 0 Å². The van der Waals surface area contributed by atoms with Crippen LogP contribution in [-0.2, 0) is 14.3 Å². The lowest BCUT2D eigenvalue weighted by Gasteiger charge is -1.99. The number of nitrogens with zero attached hydrogens (tertiary/aromatic N) is 1.